The van der Waals surface area contributed by atoms with Gasteiger partial charge in [-0.3, -0.25) is 14.1 Å². The van der Waals surface area contributed by atoms with E-state index < -0.39 is 39.8 Å². The van der Waals surface area contributed by atoms with E-state index in [1.54, 1.807) is 13.8 Å². The van der Waals surface area contributed by atoms with Crippen LogP contribution in [0.3, 0.4) is 0 Å². The molecule has 0 saturated heterocycles. The molecule has 0 aliphatic carbocycles. The molecule has 0 rings (SSSR count). The van der Waals surface area contributed by atoms with Crippen molar-refractivity contribution < 1.29 is 32.0 Å². The van der Waals surface area contributed by atoms with Gasteiger partial charge in [-0.2, -0.15) is 8.42 Å². The van der Waals surface area contributed by atoms with Gasteiger partial charge in [-0.05, 0) is 39.5 Å². The second-order valence-electron chi connectivity index (χ2n) is 7.45. The summed E-state index contributed by atoms with van der Waals surface area (Å²) in [7, 11) is -4.77. The van der Waals surface area contributed by atoms with Crippen LogP contribution in [-0.4, -0.2) is 71.9 Å². The molecule has 1 N–H and O–H groups in total. The summed E-state index contributed by atoms with van der Waals surface area (Å²) in [6.45, 7) is 7.58. The predicted octanol–water partition coefficient (Wildman–Crippen LogP) is 3.79. The van der Waals surface area contributed by atoms with E-state index in [1.807, 2.05) is 0 Å². The third-order valence-corrected chi connectivity index (χ3v) is 5.63. The zero-order chi connectivity index (χ0) is 21.6. The van der Waals surface area contributed by atoms with Crippen molar-refractivity contribution in [1.82, 2.24) is 0 Å². The third-order valence-electron chi connectivity index (χ3n) is 4.55. The maximum absolute atomic E-state index is 12.2. The number of carbonyl (C=O) groups is 2. The zero-order valence-corrected chi connectivity index (χ0v) is 18.6. The van der Waals surface area contributed by atoms with Gasteiger partial charge in [0, 0.05) is 0 Å². The van der Waals surface area contributed by atoms with Crippen LogP contribution in [-0.2, 0) is 29.2 Å². The molecule has 0 amide bonds. The van der Waals surface area contributed by atoms with Gasteiger partial charge in [0.05, 0.1) is 18.6 Å². The molecule has 0 bridgehead atoms. The summed E-state index contributed by atoms with van der Waals surface area (Å²) in [5, 5.41) is -1.95. The molecule has 168 valence electrons. The quantitative estimate of drug-likeness (QED) is 0.166. The van der Waals surface area contributed by atoms with E-state index in [0.717, 1.165) is 51.4 Å². The van der Waals surface area contributed by atoms with Crippen molar-refractivity contribution in [1.29, 1.82) is 0 Å². The maximum atomic E-state index is 12.2. The SMILES string of the molecule is CCCCCCC(C)OC(=O)CC(C(=O)OC(C)CCCCCC)S(=O)(=O)O.[NaH]. The summed E-state index contributed by atoms with van der Waals surface area (Å²) in [5.74, 6) is -1.95. The summed E-state index contributed by atoms with van der Waals surface area (Å²) in [6, 6.07) is 0. The molecule has 0 aliphatic heterocycles. The molecule has 3 unspecified atom stereocenters. The minimum absolute atomic E-state index is 0. The average Bonchev–Trinajstić information content (AvgIpc) is 2.59. The molecule has 0 saturated carbocycles. The van der Waals surface area contributed by atoms with E-state index in [2.05, 4.69) is 13.8 Å². The molecule has 0 spiro atoms. The monoisotopic (exact) mass is 446 g/mol. The third kappa shape index (κ3) is 16.2. The van der Waals surface area contributed by atoms with E-state index in [-0.39, 0.29) is 35.7 Å². The first kappa shape index (κ1) is 31.0. The first-order valence-corrected chi connectivity index (χ1v) is 12.0. The van der Waals surface area contributed by atoms with Crippen LogP contribution in [0.15, 0.2) is 0 Å². The fourth-order valence-electron chi connectivity index (χ4n) is 2.84. The van der Waals surface area contributed by atoms with Crippen LogP contribution in [0.4, 0.5) is 0 Å². The number of rotatable bonds is 16. The van der Waals surface area contributed by atoms with Gasteiger partial charge in [0.15, 0.2) is 5.25 Å². The number of unbranched alkanes of at least 4 members (excludes halogenated alkanes) is 6. The first-order valence-electron chi connectivity index (χ1n) is 10.5. The van der Waals surface area contributed by atoms with E-state index in [0.29, 0.717) is 12.8 Å². The molecule has 7 nitrogen and oxygen atoms in total. The molecular formula is C20H39NaO7S. The number of hydrogen-bond acceptors (Lipinski definition) is 6. The predicted molar refractivity (Wildman–Crippen MR) is 116 cm³/mol. The van der Waals surface area contributed by atoms with Gasteiger partial charge in [0.1, 0.15) is 0 Å². The Balaban J connectivity index is 0. The van der Waals surface area contributed by atoms with E-state index in [1.165, 1.54) is 0 Å². The Morgan fingerprint density at radius 1 is 0.828 bits per heavy atom. The van der Waals surface area contributed by atoms with Crippen molar-refractivity contribution in [3.05, 3.63) is 0 Å². The Morgan fingerprint density at radius 3 is 1.69 bits per heavy atom. The molecule has 29 heavy (non-hydrogen) atoms. The topological polar surface area (TPSA) is 107 Å². The molecule has 0 aromatic carbocycles. The Bertz CT molecular complexity index is 551. The summed E-state index contributed by atoms with van der Waals surface area (Å²) >= 11 is 0. The van der Waals surface area contributed by atoms with E-state index in [4.69, 9.17) is 9.47 Å². The van der Waals surface area contributed by atoms with Gasteiger partial charge >= 0.3 is 41.5 Å². The second-order valence-corrected chi connectivity index (χ2v) is 9.05. The van der Waals surface area contributed by atoms with Gasteiger partial charge in [-0.15, -0.1) is 0 Å². The molecule has 0 aliphatic rings. The molecule has 0 aromatic heterocycles. The van der Waals surface area contributed by atoms with Crippen LogP contribution >= 0.6 is 0 Å². The summed E-state index contributed by atoms with van der Waals surface area (Å²) < 4.78 is 42.8. The number of ether oxygens (including phenoxy) is 2. The van der Waals surface area contributed by atoms with Crippen molar-refractivity contribution >= 4 is 51.6 Å². The van der Waals surface area contributed by atoms with Crippen LogP contribution in [0.25, 0.3) is 0 Å². The Labute approximate surface area is 198 Å². The summed E-state index contributed by atoms with van der Waals surface area (Å²) in [6.07, 6.45) is 7.83. The summed E-state index contributed by atoms with van der Waals surface area (Å²) in [4.78, 5) is 24.2. The van der Waals surface area contributed by atoms with Crippen LogP contribution in [0.1, 0.15) is 98.3 Å². The van der Waals surface area contributed by atoms with Crippen molar-refractivity contribution in [2.24, 2.45) is 0 Å². The Hall–Kier alpha value is -0.150. The molecule has 0 aromatic rings. The fourth-order valence-corrected chi connectivity index (χ4v) is 3.49. The molecule has 3 atom stereocenters. The molecular weight excluding hydrogens is 407 g/mol. The van der Waals surface area contributed by atoms with Crippen molar-refractivity contribution in [3.8, 4) is 0 Å². The standard InChI is InChI=1S/C20H38O7S.Na.H/c1-5-7-9-11-13-16(3)26-19(21)15-18(28(23,24)25)20(22)27-17(4)14-12-10-8-6-2;;/h16-18H,5-15H2,1-4H3,(H,23,24,25);;. The average molecular weight is 447 g/mol. The minimum atomic E-state index is -4.77. The summed E-state index contributed by atoms with van der Waals surface area (Å²) in [5.41, 5.74) is 0. The fraction of sp³-hybridized carbons (Fsp3) is 0.900. The molecule has 0 fully saturated rings. The number of esters is 2. The van der Waals surface area contributed by atoms with Gasteiger partial charge in [0.25, 0.3) is 10.1 Å². The van der Waals surface area contributed by atoms with Crippen molar-refractivity contribution in [2.45, 2.75) is 116 Å². The number of hydrogen-bond donors (Lipinski definition) is 1. The Kier molecular flexibility index (Phi) is 18.8. The molecule has 9 heteroatoms. The van der Waals surface area contributed by atoms with Crippen LogP contribution in [0.2, 0.25) is 0 Å². The Morgan fingerprint density at radius 2 is 1.28 bits per heavy atom. The zero-order valence-electron chi connectivity index (χ0n) is 17.8. The normalized spacial score (nSPS) is 14.4. The first-order chi connectivity index (χ1) is 13.1. The van der Waals surface area contributed by atoms with Crippen molar-refractivity contribution in [2.75, 3.05) is 0 Å². The number of carbonyl (C=O) groups excluding carboxylic acids is 2. The van der Waals surface area contributed by atoms with Crippen LogP contribution in [0, 0.1) is 0 Å². The van der Waals surface area contributed by atoms with E-state index >= 15 is 0 Å². The van der Waals surface area contributed by atoms with Crippen LogP contribution in [0.5, 0.6) is 0 Å². The van der Waals surface area contributed by atoms with Gasteiger partial charge in [0.2, 0.25) is 0 Å². The van der Waals surface area contributed by atoms with Gasteiger partial charge < -0.3 is 9.47 Å². The van der Waals surface area contributed by atoms with Gasteiger partial charge in [-0.25, -0.2) is 0 Å². The van der Waals surface area contributed by atoms with Gasteiger partial charge in [-0.1, -0.05) is 52.4 Å². The molecule has 0 heterocycles. The van der Waals surface area contributed by atoms with Crippen LogP contribution < -0.4 is 0 Å². The van der Waals surface area contributed by atoms with Crippen molar-refractivity contribution in [3.63, 3.8) is 0 Å². The second kappa shape index (κ2) is 17.5. The van der Waals surface area contributed by atoms with E-state index in [9.17, 15) is 22.6 Å². The molecule has 0 radical (unpaired) electrons.